The highest BCUT2D eigenvalue weighted by molar-refractivity contribution is 5.97. The lowest BCUT2D eigenvalue weighted by molar-refractivity contribution is 0.0533. The minimum absolute atomic E-state index is 0.0473. The van der Waals surface area contributed by atoms with Crippen molar-refractivity contribution in [2.45, 2.75) is 26.3 Å². The monoisotopic (exact) mass is 298 g/mol. The van der Waals surface area contributed by atoms with Gasteiger partial charge < -0.3 is 10.6 Å². The number of nitrogens with zero attached hydrogens (tertiary/aromatic N) is 3. The molecule has 1 atom stereocenters. The summed E-state index contributed by atoms with van der Waals surface area (Å²) < 4.78 is 1.73. The molecular formula is C17H22N4O. The van der Waals surface area contributed by atoms with Crippen LogP contribution in [0.2, 0.25) is 0 Å². The molecule has 2 aromatic rings. The molecule has 0 saturated carbocycles. The number of likely N-dealkylation sites (tertiary alicyclic amines) is 1. The van der Waals surface area contributed by atoms with Crippen molar-refractivity contribution in [3.8, 4) is 5.69 Å². The topological polar surface area (TPSA) is 64.2 Å². The number of piperidine rings is 1. The Kier molecular flexibility index (Phi) is 3.74. The smallest absolute Gasteiger partial charge is 0.256 e. The van der Waals surface area contributed by atoms with Crippen LogP contribution < -0.4 is 5.73 Å². The van der Waals surface area contributed by atoms with Crippen molar-refractivity contribution in [1.29, 1.82) is 0 Å². The van der Waals surface area contributed by atoms with E-state index in [4.69, 9.17) is 5.73 Å². The Labute approximate surface area is 130 Å². The molecular weight excluding hydrogens is 276 g/mol. The fourth-order valence-corrected chi connectivity index (χ4v) is 2.98. The van der Waals surface area contributed by atoms with Crippen LogP contribution in [0.5, 0.6) is 0 Å². The average Bonchev–Trinajstić information content (AvgIpc) is 3.03. The zero-order valence-electron chi connectivity index (χ0n) is 13.1. The Bertz CT molecular complexity index is 663. The van der Waals surface area contributed by atoms with E-state index in [2.05, 4.69) is 18.9 Å². The third-order valence-electron chi connectivity index (χ3n) is 4.49. The maximum absolute atomic E-state index is 13.0. The number of hydrogen-bond acceptors (Lipinski definition) is 3. The van der Waals surface area contributed by atoms with Gasteiger partial charge in [-0.05, 0) is 30.0 Å². The molecule has 1 aliphatic rings. The summed E-state index contributed by atoms with van der Waals surface area (Å²) in [4.78, 5) is 14.9. The lowest BCUT2D eigenvalue weighted by atomic mass is 9.79. The first-order chi connectivity index (χ1) is 10.5. The van der Waals surface area contributed by atoms with Crippen LogP contribution >= 0.6 is 0 Å². The molecule has 1 fully saturated rings. The number of para-hydroxylation sites is 1. The van der Waals surface area contributed by atoms with Gasteiger partial charge in [0, 0.05) is 31.5 Å². The average molecular weight is 298 g/mol. The molecule has 1 unspecified atom stereocenters. The van der Waals surface area contributed by atoms with Gasteiger partial charge in [-0.1, -0.05) is 26.0 Å². The maximum atomic E-state index is 13.0. The summed E-state index contributed by atoms with van der Waals surface area (Å²) in [5.41, 5.74) is 7.60. The second-order valence-corrected chi connectivity index (χ2v) is 6.58. The van der Waals surface area contributed by atoms with Gasteiger partial charge in [0.1, 0.15) is 0 Å². The van der Waals surface area contributed by atoms with Crippen LogP contribution in [0, 0.1) is 5.41 Å². The third kappa shape index (κ3) is 2.64. The molecule has 0 radical (unpaired) electrons. The molecule has 0 spiro atoms. The molecule has 22 heavy (non-hydrogen) atoms. The van der Waals surface area contributed by atoms with Gasteiger partial charge in [-0.2, -0.15) is 5.10 Å². The number of amides is 1. The van der Waals surface area contributed by atoms with Crippen LogP contribution in [-0.2, 0) is 0 Å². The number of benzene rings is 1. The van der Waals surface area contributed by atoms with Gasteiger partial charge in [-0.3, -0.25) is 4.79 Å². The molecule has 0 aliphatic carbocycles. The number of rotatable bonds is 2. The van der Waals surface area contributed by atoms with E-state index >= 15 is 0 Å². The highest BCUT2D eigenvalue weighted by Gasteiger charge is 2.36. The fourth-order valence-electron chi connectivity index (χ4n) is 2.98. The summed E-state index contributed by atoms with van der Waals surface area (Å²) in [6.07, 6.45) is 4.40. The summed E-state index contributed by atoms with van der Waals surface area (Å²) in [6, 6.07) is 9.58. The predicted octanol–water partition coefficient (Wildman–Crippen LogP) is 2.07. The molecule has 1 amide bonds. The number of nitrogens with two attached hydrogens (primary N) is 1. The second-order valence-electron chi connectivity index (χ2n) is 6.58. The number of carbonyl (C=O) groups is 1. The Morgan fingerprint density at radius 1 is 1.32 bits per heavy atom. The van der Waals surface area contributed by atoms with Gasteiger partial charge in [-0.25, -0.2) is 4.68 Å². The van der Waals surface area contributed by atoms with Crippen molar-refractivity contribution in [2.75, 3.05) is 13.1 Å². The van der Waals surface area contributed by atoms with Crippen LogP contribution in [0.25, 0.3) is 5.69 Å². The standard InChI is InChI=1S/C17H22N4O/c1-17(2)12-20(11-8-15(17)18)16(22)13-6-3-4-7-14(13)21-10-5-9-19-21/h3-7,9-10,15H,8,11-12,18H2,1-2H3. The maximum Gasteiger partial charge on any atom is 0.256 e. The van der Waals surface area contributed by atoms with Gasteiger partial charge in [0.15, 0.2) is 0 Å². The van der Waals surface area contributed by atoms with E-state index in [1.165, 1.54) is 0 Å². The molecule has 1 aromatic heterocycles. The van der Waals surface area contributed by atoms with E-state index in [1.807, 2.05) is 41.4 Å². The van der Waals surface area contributed by atoms with Gasteiger partial charge in [0.05, 0.1) is 11.3 Å². The zero-order chi connectivity index (χ0) is 15.7. The molecule has 1 saturated heterocycles. The van der Waals surface area contributed by atoms with Crippen molar-refractivity contribution in [3.05, 3.63) is 48.3 Å². The summed E-state index contributed by atoms with van der Waals surface area (Å²) >= 11 is 0. The van der Waals surface area contributed by atoms with Crippen molar-refractivity contribution in [2.24, 2.45) is 11.1 Å². The number of carbonyl (C=O) groups excluding carboxylic acids is 1. The van der Waals surface area contributed by atoms with E-state index in [-0.39, 0.29) is 17.4 Å². The van der Waals surface area contributed by atoms with Gasteiger partial charge in [0.25, 0.3) is 5.91 Å². The van der Waals surface area contributed by atoms with Crippen LogP contribution in [0.4, 0.5) is 0 Å². The highest BCUT2D eigenvalue weighted by atomic mass is 16.2. The molecule has 0 bridgehead atoms. The quantitative estimate of drug-likeness (QED) is 0.923. The van der Waals surface area contributed by atoms with Gasteiger partial charge in [-0.15, -0.1) is 0 Å². The SMILES string of the molecule is CC1(C)CN(C(=O)c2ccccc2-n2cccn2)CCC1N. The minimum atomic E-state index is -0.0610. The number of aromatic nitrogens is 2. The normalized spacial score (nSPS) is 20.9. The first-order valence-electron chi connectivity index (χ1n) is 7.63. The lowest BCUT2D eigenvalue weighted by Gasteiger charge is -2.42. The lowest BCUT2D eigenvalue weighted by Crippen LogP contribution is -2.54. The van der Waals surface area contributed by atoms with Crippen LogP contribution in [-0.4, -0.2) is 39.7 Å². The van der Waals surface area contributed by atoms with Crippen molar-refractivity contribution in [1.82, 2.24) is 14.7 Å². The zero-order valence-corrected chi connectivity index (χ0v) is 13.1. The van der Waals surface area contributed by atoms with Crippen LogP contribution in [0.1, 0.15) is 30.6 Å². The Hall–Kier alpha value is -2.14. The molecule has 1 aliphatic heterocycles. The highest BCUT2D eigenvalue weighted by Crippen LogP contribution is 2.29. The van der Waals surface area contributed by atoms with Crippen LogP contribution in [0.3, 0.4) is 0 Å². The Morgan fingerprint density at radius 3 is 2.77 bits per heavy atom. The molecule has 2 N–H and O–H groups in total. The van der Waals surface area contributed by atoms with Gasteiger partial charge >= 0.3 is 0 Å². The van der Waals surface area contributed by atoms with E-state index in [9.17, 15) is 4.79 Å². The van der Waals surface area contributed by atoms with E-state index in [0.717, 1.165) is 12.1 Å². The second kappa shape index (κ2) is 5.57. The summed E-state index contributed by atoms with van der Waals surface area (Å²) in [5.74, 6) is 0.0473. The van der Waals surface area contributed by atoms with Crippen molar-refractivity contribution in [3.63, 3.8) is 0 Å². The number of hydrogen-bond donors (Lipinski definition) is 1. The van der Waals surface area contributed by atoms with Crippen molar-refractivity contribution < 1.29 is 4.79 Å². The Morgan fingerprint density at radius 2 is 2.09 bits per heavy atom. The molecule has 5 heteroatoms. The molecule has 3 rings (SSSR count). The fraction of sp³-hybridized carbons (Fsp3) is 0.412. The predicted molar refractivity (Wildman–Crippen MR) is 85.8 cm³/mol. The minimum Gasteiger partial charge on any atom is -0.338 e. The molecule has 5 nitrogen and oxygen atoms in total. The summed E-state index contributed by atoms with van der Waals surface area (Å²) in [7, 11) is 0. The Balaban J connectivity index is 1.91. The van der Waals surface area contributed by atoms with Crippen LogP contribution in [0.15, 0.2) is 42.7 Å². The first kappa shape index (κ1) is 14.8. The van der Waals surface area contributed by atoms with E-state index in [0.29, 0.717) is 18.7 Å². The summed E-state index contributed by atoms with van der Waals surface area (Å²) in [5, 5.41) is 4.24. The molecule has 116 valence electrons. The van der Waals surface area contributed by atoms with Crippen molar-refractivity contribution >= 4 is 5.91 Å². The molecule has 2 heterocycles. The third-order valence-corrected chi connectivity index (χ3v) is 4.49. The van der Waals surface area contributed by atoms with E-state index < -0.39 is 0 Å². The molecule has 1 aromatic carbocycles. The largest absolute Gasteiger partial charge is 0.338 e. The van der Waals surface area contributed by atoms with E-state index in [1.54, 1.807) is 10.9 Å². The van der Waals surface area contributed by atoms with Gasteiger partial charge in [0.2, 0.25) is 0 Å². The summed E-state index contributed by atoms with van der Waals surface area (Å²) in [6.45, 7) is 5.63. The first-order valence-corrected chi connectivity index (χ1v) is 7.63.